The number of rotatable bonds is 3. The smallest absolute Gasteiger partial charge is 0.253 e. The molecule has 1 fully saturated rings. The molecule has 4 rings (SSSR count). The molecule has 2 aliphatic rings. The molecule has 0 aliphatic carbocycles. The van der Waals surface area contributed by atoms with Crippen molar-refractivity contribution in [3.8, 4) is 0 Å². The number of aryl methyl sites for hydroxylation is 2. The Bertz CT molecular complexity index is 761. The van der Waals surface area contributed by atoms with E-state index in [0.29, 0.717) is 0 Å². The zero-order chi connectivity index (χ0) is 17.2. The number of anilines is 1. The molecule has 2 aromatic rings. The summed E-state index contributed by atoms with van der Waals surface area (Å²) in [6, 6.07) is 8.19. The van der Waals surface area contributed by atoms with Gasteiger partial charge >= 0.3 is 0 Å². The minimum atomic E-state index is 0.0476. The van der Waals surface area contributed by atoms with Crippen molar-refractivity contribution in [2.45, 2.75) is 51.6 Å². The number of piperidine rings is 1. The molecule has 25 heavy (non-hydrogen) atoms. The fraction of sp³-hybridized carbons (Fsp3) is 0.500. The molecule has 132 valence electrons. The Morgan fingerprint density at radius 2 is 2.00 bits per heavy atom. The van der Waals surface area contributed by atoms with Crippen molar-refractivity contribution >= 4 is 11.6 Å². The zero-order valence-corrected chi connectivity index (χ0v) is 14.9. The normalized spacial score (nSPS) is 20.2. The van der Waals surface area contributed by atoms with Crippen LogP contribution in [0.25, 0.3) is 0 Å². The van der Waals surface area contributed by atoms with Gasteiger partial charge in [-0.15, -0.1) is 0 Å². The Morgan fingerprint density at radius 3 is 2.84 bits per heavy atom. The highest BCUT2D eigenvalue weighted by atomic mass is 16.1. The summed E-state index contributed by atoms with van der Waals surface area (Å²) in [6.07, 6.45) is 7.66. The van der Waals surface area contributed by atoms with E-state index in [2.05, 4.69) is 32.0 Å². The van der Waals surface area contributed by atoms with Gasteiger partial charge in [0.1, 0.15) is 5.82 Å². The number of hydrogen-bond donors (Lipinski definition) is 1. The summed E-state index contributed by atoms with van der Waals surface area (Å²) in [5, 5.41) is 3.25. The van der Waals surface area contributed by atoms with Crippen molar-refractivity contribution < 1.29 is 4.79 Å². The maximum Gasteiger partial charge on any atom is 0.253 e. The third kappa shape index (κ3) is 3.41. The van der Waals surface area contributed by atoms with Crippen LogP contribution in [-0.2, 0) is 13.0 Å². The first kappa shape index (κ1) is 16.2. The van der Waals surface area contributed by atoms with E-state index in [4.69, 9.17) is 0 Å². The molecule has 5 heteroatoms. The second-order valence-corrected chi connectivity index (χ2v) is 7.22. The van der Waals surface area contributed by atoms with Gasteiger partial charge in [0.15, 0.2) is 0 Å². The summed E-state index contributed by atoms with van der Waals surface area (Å²) >= 11 is 0. The van der Waals surface area contributed by atoms with E-state index in [0.717, 1.165) is 55.2 Å². The monoisotopic (exact) mass is 338 g/mol. The highest BCUT2D eigenvalue weighted by molar-refractivity contribution is 6.00. The second-order valence-electron chi connectivity index (χ2n) is 7.22. The molecule has 0 radical (unpaired) electrons. The van der Waals surface area contributed by atoms with Crippen LogP contribution in [-0.4, -0.2) is 34.6 Å². The number of aromatic nitrogens is 2. The molecule has 0 unspecified atom stereocenters. The van der Waals surface area contributed by atoms with Crippen molar-refractivity contribution in [2.24, 2.45) is 0 Å². The maximum atomic E-state index is 12.9. The fourth-order valence-electron chi connectivity index (χ4n) is 4.04. The van der Waals surface area contributed by atoms with Gasteiger partial charge in [-0.1, -0.05) is 12.1 Å². The number of nitrogens with zero attached hydrogens (tertiary/aromatic N) is 3. The second kappa shape index (κ2) is 6.90. The summed E-state index contributed by atoms with van der Waals surface area (Å²) in [5.41, 5.74) is 2.93. The minimum Gasteiger partial charge on any atom is -0.371 e. The van der Waals surface area contributed by atoms with Crippen LogP contribution in [0.1, 0.15) is 47.6 Å². The first-order valence-corrected chi connectivity index (χ1v) is 9.38. The highest BCUT2D eigenvalue weighted by Gasteiger charge is 2.24. The molecule has 0 saturated carbocycles. The first-order valence-electron chi connectivity index (χ1n) is 9.38. The van der Waals surface area contributed by atoms with Crippen LogP contribution in [0.15, 0.2) is 30.5 Å². The van der Waals surface area contributed by atoms with E-state index in [-0.39, 0.29) is 11.9 Å². The molecule has 1 N–H and O–H groups in total. The number of hydrogen-bond acceptors (Lipinski definition) is 3. The number of amides is 1. The number of imidazole rings is 1. The number of para-hydroxylation sites is 1. The summed E-state index contributed by atoms with van der Waals surface area (Å²) in [6.45, 7) is 4.93. The van der Waals surface area contributed by atoms with Crippen molar-refractivity contribution in [2.75, 3.05) is 18.0 Å². The summed E-state index contributed by atoms with van der Waals surface area (Å²) < 4.78 is 2.18. The molecule has 1 saturated heterocycles. The van der Waals surface area contributed by atoms with E-state index in [9.17, 15) is 4.79 Å². The molecule has 5 nitrogen and oxygen atoms in total. The van der Waals surface area contributed by atoms with Gasteiger partial charge in [0, 0.05) is 44.0 Å². The quantitative estimate of drug-likeness (QED) is 0.936. The van der Waals surface area contributed by atoms with E-state index in [1.54, 1.807) is 0 Å². The fourth-order valence-corrected chi connectivity index (χ4v) is 4.04. The molecule has 1 amide bonds. The van der Waals surface area contributed by atoms with Crippen molar-refractivity contribution in [1.82, 2.24) is 14.9 Å². The molecular formula is C20H26N4O. The topological polar surface area (TPSA) is 50.2 Å². The van der Waals surface area contributed by atoms with E-state index in [1.165, 1.54) is 19.3 Å². The predicted octanol–water partition coefficient (Wildman–Crippen LogP) is 2.93. The van der Waals surface area contributed by atoms with Gasteiger partial charge in [0.05, 0.1) is 11.3 Å². The van der Waals surface area contributed by atoms with E-state index >= 15 is 0 Å². The Morgan fingerprint density at radius 1 is 1.20 bits per heavy atom. The Hall–Kier alpha value is -2.30. The average Bonchev–Trinajstić information content (AvgIpc) is 3.02. The summed E-state index contributed by atoms with van der Waals surface area (Å²) in [7, 11) is 0. The molecule has 1 aromatic carbocycles. The van der Waals surface area contributed by atoms with Gasteiger partial charge in [0.25, 0.3) is 5.91 Å². The standard InChI is InChI=1S/C20H26N4O/c1-15-13-24-14-16(9-10-19(24)21-15)22-20(25)17-7-3-4-8-18(17)23-11-5-2-6-12-23/h3-4,7-8,13,16H,2,5-6,9-12,14H2,1H3,(H,22,25)/t16-/m0/s1. The number of benzene rings is 1. The Balaban J connectivity index is 1.48. The maximum absolute atomic E-state index is 12.9. The van der Waals surface area contributed by atoms with Crippen LogP contribution in [0.3, 0.4) is 0 Å². The largest absolute Gasteiger partial charge is 0.371 e. The van der Waals surface area contributed by atoms with Crippen molar-refractivity contribution in [3.63, 3.8) is 0 Å². The Labute approximate surface area is 149 Å². The number of carbonyl (C=O) groups is 1. The van der Waals surface area contributed by atoms with Crippen molar-refractivity contribution in [1.29, 1.82) is 0 Å². The zero-order valence-electron chi connectivity index (χ0n) is 14.9. The predicted molar refractivity (Wildman–Crippen MR) is 99.0 cm³/mol. The Kier molecular flexibility index (Phi) is 4.47. The van der Waals surface area contributed by atoms with Gasteiger partial charge in [-0.05, 0) is 44.7 Å². The number of fused-ring (bicyclic) bond motifs is 1. The first-order chi connectivity index (χ1) is 12.2. The van der Waals surface area contributed by atoms with Crippen LogP contribution in [0.2, 0.25) is 0 Å². The minimum absolute atomic E-state index is 0.0476. The highest BCUT2D eigenvalue weighted by Crippen LogP contribution is 2.24. The van der Waals surface area contributed by atoms with Gasteiger partial charge < -0.3 is 14.8 Å². The SMILES string of the molecule is Cc1cn2c(n1)CC[C@H](NC(=O)c1ccccc1N1CCCCC1)C2. The molecule has 0 spiro atoms. The third-order valence-corrected chi connectivity index (χ3v) is 5.29. The van der Waals surface area contributed by atoms with Crippen LogP contribution in [0.4, 0.5) is 5.69 Å². The van der Waals surface area contributed by atoms with Gasteiger partial charge in [0.2, 0.25) is 0 Å². The molecule has 2 aliphatic heterocycles. The van der Waals surface area contributed by atoms with Gasteiger partial charge in [-0.25, -0.2) is 4.98 Å². The molecule has 0 bridgehead atoms. The van der Waals surface area contributed by atoms with Gasteiger partial charge in [-0.3, -0.25) is 4.79 Å². The van der Waals surface area contributed by atoms with Crippen LogP contribution in [0.5, 0.6) is 0 Å². The van der Waals surface area contributed by atoms with Crippen LogP contribution in [0, 0.1) is 6.92 Å². The lowest BCUT2D eigenvalue weighted by molar-refractivity contribution is 0.0928. The van der Waals surface area contributed by atoms with Gasteiger partial charge in [-0.2, -0.15) is 0 Å². The van der Waals surface area contributed by atoms with E-state index in [1.807, 2.05) is 25.1 Å². The molecule has 1 atom stereocenters. The third-order valence-electron chi connectivity index (χ3n) is 5.29. The molecular weight excluding hydrogens is 312 g/mol. The summed E-state index contributed by atoms with van der Waals surface area (Å²) in [4.78, 5) is 19.8. The van der Waals surface area contributed by atoms with Crippen LogP contribution >= 0.6 is 0 Å². The van der Waals surface area contributed by atoms with Crippen LogP contribution < -0.4 is 10.2 Å². The number of nitrogens with one attached hydrogen (secondary N) is 1. The number of carbonyl (C=O) groups excluding carboxylic acids is 1. The summed E-state index contributed by atoms with van der Waals surface area (Å²) in [5.74, 6) is 1.18. The van der Waals surface area contributed by atoms with Crippen molar-refractivity contribution in [3.05, 3.63) is 47.5 Å². The molecule has 3 heterocycles. The average molecular weight is 338 g/mol. The lowest BCUT2D eigenvalue weighted by Crippen LogP contribution is -2.41. The lowest BCUT2D eigenvalue weighted by Gasteiger charge is -2.31. The van der Waals surface area contributed by atoms with E-state index < -0.39 is 0 Å². The lowest BCUT2D eigenvalue weighted by atomic mass is 10.0. The molecule has 1 aromatic heterocycles.